The minimum absolute atomic E-state index is 0.633. The highest BCUT2D eigenvalue weighted by Crippen LogP contribution is 2.23. The number of unbranched alkanes of at least 4 members (excludes halogenated alkanes) is 2. The molecule has 0 saturated heterocycles. The number of aryl methyl sites for hydroxylation is 1. The fourth-order valence-electron chi connectivity index (χ4n) is 1.86. The van der Waals surface area contributed by atoms with Crippen molar-refractivity contribution in [3.05, 3.63) is 29.8 Å². The van der Waals surface area contributed by atoms with Crippen LogP contribution >= 0.6 is 11.8 Å². The molecule has 0 radical (unpaired) electrons. The molecular weight excluding hydrogens is 268 g/mol. The third-order valence-electron chi connectivity index (χ3n) is 3.06. The summed E-state index contributed by atoms with van der Waals surface area (Å²) < 4.78 is 2.03. The Kier molecular flexibility index (Phi) is 5.19. The molecule has 0 N–H and O–H groups in total. The van der Waals surface area contributed by atoms with Crippen molar-refractivity contribution in [2.24, 2.45) is 7.05 Å². The number of nitriles is 1. The van der Waals surface area contributed by atoms with Crippen molar-refractivity contribution < 1.29 is 0 Å². The van der Waals surface area contributed by atoms with E-state index in [1.807, 2.05) is 11.6 Å². The lowest BCUT2D eigenvalue weighted by Gasteiger charge is -2.04. The topological polar surface area (TPSA) is 54.5 Å². The van der Waals surface area contributed by atoms with Crippen molar-refractivity contribution >= 4 is 11.8 Å². The molecule has 2 aromatic rings. The van der Waals surface area contributed by atoms with Crippen LogP contribution in [0.15, 0.2) is 29.4 Å². The number of benzene rings is 1. The Hall–Kier alpha value is -1.80. The van der Waals surface area contributed by atoms with Crippen LogP contribution in [0.5, 0.6) is 0 Å². The summed E-state index contributed by atoms with van der Waals surface area (Å²) in [6.07, 6.45) is 2.62. The van der Waals surface area contributed by atoms with Gasteiger partial charge in [0, 0.05) is 24.8 Å². The number of hydrogen-bond acceptors (Lipinski definition) is 4. The van der Waals surface area contributed by atoms with Gasteiger partial charge >= 0.3 is 0 Å². The Morgan fingerprint density at radius 2 is 1.95 bits per heavy atom. The molecule has 0 fully saturated rings. The Balaban J connectivity index is 2.00. The molecule has 104 valence electrons. The van der Waals surface area contributed by atoms with Crippen molar-refractivity contribution in [2.75, 3.05) is 5.75 Å². The predicted octanol–water partition coefficient (Wildman–Crippen LogP) is 3.58. The zero-order chi connectivity index (χ0) is 14.4. The van der Waals surface area contributed by atoms with Gasteiger partial charge in [-0.15, -0.1) is 10.2 Å². The van der Waals surface area contributed by atoms with Gasteiger partial charge < -0.3 is 4.57 Å². The van der Waals surface area contributed by atoms with Crippen molar-refractivity contribution in [2.45, 2.75) is 31.3 Å². The number of thioether (sulfide) groups is 1. The highest BCUT2D eigenvalue weighted by molar-refractivity contribution is 7.99. The van der Waals surface area contributed by atoms with Crippen LogP contribution < -0.4 is 0 Å². The molecule has 1 aromatic carbocycles. The van der Waals surface area contributed by atoms with E-state index in [0.717, 1.165) is 35.1 Å². The SMILES string of the molecule is Cc1ccc(-c2nnc(SCCCCC#N)n2C)cc1. The van der Waals surface area contributed by atoms with Crippen molar-refractivity contribution in [3.63, 3.8) is 0 Å². The maximum atomic E-state index is 8.49. The lowest BCUT2D eigenvalue weighted by molar-refractivity contribution is 0.785. The number of rotatable bonds is 6. The van der Waals surface area contributed by atoms with Gasteiger partial charge in [-0.3, -0.25) is 0 Å². The maximum absolute atomic E-state index is 8.49. The first kappa shape index (κ1) is 14.6. The monoisotopic (exact) mass is 286 g/mol. The third-order valence-corrected chi connectivity index (χ3v) is 4.17. The molecule has 0 bridgehead atoms. The van der Waals surface area contributed by atoms with Crippen molar-refractivity contribution in [1.82, 2.24) is 14.8 Å². The van der Waals surface area contributed by atoms with Gasteiger partial charge in [0.1, 0.15) is 0 Å². The second-order valence-corrected chi connectivity index (χ2v) is 5.76. The Labute approximate surface area is 123 Å². The molecule has 0 spiro atoms. The van der Waals surface area contributed by atoms with E-state index >= 15 is 0 Å². The summed E-state index contributed by atoms with van der Waals surface area (Å²) in [5.74, 6) is 1.87. The molecule has 2 rings (SSSR count). The van der Waals surface area contributed by atoms with Crippen LogP contribution in [-0.2, 0) is 7.05 Å². The summed E-state index contributed by atoms with van der Waals surface area (Å²) in [7, 11) is 1.99. The van der Waals surface area contributed by atoms with Gasteiger partial charge in [0.25, 0.3) is 0 Å². The molecule has 0 amide bonds. The van der Waals surface area contributed by atoms with Crippen LogP contribution in [0.1, 0.15) is 24.8 Å². The Morgan fingerprint density at radius 3 is 2.65 bits per heavy atom. The average Bonchev–Trinajstić information content (AvgIpc) is 2.81. The second kappa shape index (κ2) is 7.11. The minimum atomic E-state index is 0.633. The molecule has 0 aliphatic rings. The van der Waals surface area contributed by atoms with Gasteiger partial charge in [0.15, 0.2) is 11.0 Å². The fraction of sp³-hybridized carbons (Fsp3) is 0.400. The van der Waals surface area contributed by atoms with Crippen LogP contribution in [0.2, 0.25) is 0 Å². The molecule has 20 heavy (non-hydrogen) atoms. The molecule has 4 nitrogen and oxygen atoms in total. The molecule has 1 heterocycles. The summed E-state index contributed by atoms with van der Waals surface area (Å²) in [4.78, 5) is 0. The van der Waals surface area contributed by atoms with E-state index < -0.39 is 0 Å². The largest absolute Gasteiger partial charge is 0.305 e. The van der Waals surface area contributed by atoms with E-state index in [2.05, 4.69) is 47.5 Å². The first-order valence-electron chi connectivity index (χ1n) is 6.68. The molecular formula is C15H18N4S. The molecule has 0 saturated carbocycles. The summed E-state index contributed by atoms with van der Waals surface area (Å²) in [5, 5.41) is 17.9. The van der Waals surface area contributed by atoms with Gasteiger partial charge in [-0.05, 0) is 19.8 Å². The van der Waals surface area contributed by atoms with Gasteiger partial charge in [-0.2, -0.15) is 5.26 Å². The number of nitrogens with zero attached hydrogens (tertiary/aromatic N) is 4. The smallest absolute Gasteiger partial charge is 0.191 e. The van der Waals surface area contributed by atoms with E-state index in [9.17, 15) is 0 Å². The molecule has 0 unspecified atom stereocenters. The molecule has 5 heteroatoms. The van der Waals surface area contributed by atoms with E-state index in [1.54, 1.807) is 11.8 Å². The van der Waals surface area contributed by atoms with Gasteiger partial charge in [0.2, 0.25) is 0 Å². The van der Waals surface area contributed by atoms with Crippen LogP contribution in [0.3, 0.4) is 0 Å². The van der Waals surface area contributed by atoms with E-state index in [0.29, 0.717) is 6.42 Å². The van der Waals surface area contributed by atoms with Gasteiger partial charge in [-0.25, -0.2) is 0 Å². The molecule has 0 aliphatic heterocycles. The summed E-state index contributed by atoms with van der Waals surface area (Å²) in [6, 6.07) is 10.5. The standard InChI is InChI=1S/C15H18N4S/c1-12-6-8-13(9-7-12)14-17-18-15(19(14)2)20-11-5-3-4-10-16/h6-9H,3-5,11H2,1-2H3. The number of aromatic nitrogens is 3. The lowest BCUT2D eigenvalue weighted by atomic mass is 10.1. The van der Waals surface area contributed by atoms with E-state index in [1.165, 1.54) is 5.56 Å². The molecule has 0 atom stereocenters. The minimum Gasteiger partial charge on any atom is -0.305 e. The predicted molar refractivity (Wildman–Crippen MR) is 81.4 cm³/mol. The van der Waals surface area contributed by atoms with Gasteiger partial charge in [0.05, 0.1) is 6.07 Å². The highest BCUT2D eigenvalue weighted by Gasteiger charge is 2.10. The lowest BCUT2D eigenvalue weighted by Crippen LogP contribution is -1.95. The van der Waals surface area contributed by atoms with Gasteiger partial charge in [-0.1, -0.05) is 41.6 Å². The van der Waals surface area contributed by atoms with E-state index in [4.69, 9.17) is 5.26 Å². The quantitative estimate of drug-likeness (QED) is 0.601. The zero-order valence-electron chi connectivity index (χ0n) is 11.8. The fourth-order valence-corrected chi connectivity index (χ4v) is 2.77. The van der Waals surface area contributed by atoms with Crippen molar-refractivity contribution in [3.8, 4) is 17.5 Å². The van der Waals surface area contributed by atoms with Crippen LogP contribution in [0.4, 0.5) is 0 Å². The first-order chi connectivity index (χ1) is 9.72. The molecule has 1 aromatic heterocycles. The third kappa shape index (κ3) is 3.61. The Morgan fingerprint density at radius 1 is 1.20 bits per heavy atom. The summed E-state index contributed by atoms with van der Waals surface area (Å²) >= 11 is 1.70. The van der Waals surface area contributed by atoms with Crippen LogP contribution in [-0.4, -0.2) is 20.5 Å². The number of hydrogen-bond donors (Lipinski definition) is 0. The summed E-state index contributed by atoms with van der Waals surface area (Å²) in [6.45, 7) is 2.07. The second-order valence-electron chi connectivity index (χ2n) is 4.69. The molecule has 0 aliphatic carbocycles. The first-order valence-corrected chi connectivity index (χ1v) is 7.67. The van der Waals surface area contributed by atoms with Crippen LogP contribution in [0, 0.1) is 18.3 Å². The van der Waals surface area contributed by atoms with Crippen LogP contribution in [0.25, 0.3) is 11.4 Å². The zero-order valence-corrected chi connectivity index (χ0v) is 12.7. The normalized spacial score (nSPS) is 10.4. The summed E-state index contributed by atoms with van der Waals surface area (Å²) in [5.41, 5.74) is 2.32. The highest BCUT2D eigenvalue weighted by atomic mass is 32.2. The Bertz CT molecular complexity index is 595. The maximum Gasteiger partial charge on any atom is 0.191 e. The van der Waals surface area contributed by atoms with Crippen molar-refractivity contribution in [1.29, 1.82) is 5.26 Å². The van der Waals surface area contributed by atoms with E-state index in [-0.39, 0.29) is 0 Å². The average molecular weight is 286 g/mol.